The Morgan fingerprint density at radius 2 is 1.65 bits per heavy atom. The van der Waals surface area contributed by atoms with Crippen LogP contribution in [-0.4, -0.2) is 70.9 Å². The third kappa shape index (κ3) is 11.1. The molecular formula is C27H43N5O2. The van der Waals surface area contributed by atoms with Gasteiger partial charge in [0.1, 0.15) is 12.4 Å². The van der Waals surface area contributed by atoms with E-state index in [1.54, 1.807) is 6.20 Å². The lowest BCUT2D eigenvalue weighted by molar-refractivity contribution is -0.141. The summed E-state index contributed by atoms with van der Waals surface area (Å²) in [5, 5.41) is 0. The van der Waals surface area contributed by atoms with Gasteiger partial charge in [0.25, 0.3) is 0 Å². The maximum atomic E-state index is 11.2. The fourth-order valence-electron chi connectivity index (χ4n) is 3.97. The maximum Gasteiger partial charge on any atom is 0.302 e. The summed E-state index contributed by atoms with van der Waals surface area (Å²) < 4.78 is 7.16. The number of carbonyl (C=O) groups is 1. The van der Waals surface area contributed by atoms with E-state index >= 15 is 0 Å². The van der Waals surface area contributed by atoms with Gasteiger partial charge < -0.3 is 14.2 Å². The molecule has 0 aliphatic heterocycles. The van der Waals surface area contributed by atoms with Crippen LogP contribution in [0.1, 0.15) is 63.4 Å². The molecular weight excluding hydrogens is 426 g/mol. The highest BCUT2D eigenvalue weighted by molar-refractivity contribution is 5.74. The summed E-state index contributed by atoms with van der Waals surface area (Å²) in [7, 11) is 1.96. The zero-order valence-electron chi connectivity index (χ0n) is 21.6. The number of ether oxygens (including phenoxy) is 1. The molecule has 0 radical (unpaired) electrons. The van der Waals surface area contributed by atoms with E-state index in [9.17, 15) is 4.79 Å². The number of aromatic nitrogens is 2. The SMILES string of the molecule is CCCN(CCC)CCCCN(CCOC(C)=O)Cc1ccc(CN=Cc2nccn2C)cc1. The van der Waals surface area contributed by atoms with Gasteiger partial charge in [0, 0.05) is 39.5 Å². The highest BCUT2D eigenvalue weighted by atomic mass is 16.5. The molecule has 0 atom stereocenters. The van der Waals surface area contributed by atoms with E-state index in [0.717, 1.165) is 38.4 Å². The van der Waals surface area contributed by atoms with Crippen LogP contribution >= 0.6 is 0 Å². The smallest absolute Gasteiger partial charge is 0.302 e. The van der Waals surface area contributed by atoms with E-state index in [0.29, 0.717) is 13.2 Å². The molecule has 34 heavy (non-hydrogen) atoms. The van der Waals surface area contributed by atoms with Crippen LogP contribution < -0.4 is 0 Å². The molecule has 0 aliphatic carbocycles. The Kier molecular flexibility index (Phi) is 13.2. The summed E-state index contributed by atoms with van der Waals surface area (Å²) >= 11 is 0. The molecule has 2 aromatic rings. The quantitative estimate of drug-likeness (QED) is 0.196. The van der Waals surface area contributed by atoms with Gasteiger partial charge in [-0.2, -0.15) is 0 Å². The van der Waals surface area contributed by atoms with E-state index < -0.39 is 0 Å². The van der Waals surface area contributed by atoms with Gasteiger partial charge in [-0.15, -0.1) is 0 Å². The summed E-state index contributed by atoms with van der Waals surface area (Å²) in [6.07, 6.45) is 10.2. The van der Waals surface area contributed by atoms with Gasteiger partial charge in [-0.3, -0.25) is 14.7 Å². The van der Waals surface area contributed by atoms with Crippen LogP contribution in [0.4, 0.5) is 0 Å². The number of hydrogen-bond acceptors (Lipinski definition) is 6. The van der Waals surface area contributed by atoms with Gasteiger partial charge in [-0.05, 0) is 63.0 Å². The second-order valence-electron chi connectivity index (χ2n) is 8.85. The first-order valence-corrected chi connectivity index (χ1v) is 12.6. The number of unbranched alkanes of at least 4 members (excludes halogenated alkanes) is 1. The number of aryl methyl sites for hydroxylation is 1. The highest BCUT2D eigenvalue weighted by Crippen LogP contribution is 2.10. The summed E-state index contributed by atoms with van der Waals surface area (Å²) in [6.45, 7) is 13.2. The predicted octanol–water partition coefficient (Wildman–Crippen LogP) is 4.31. The van der Waals surface area contributed by atoms with Crippen molar-refractivity contribution in [3.05, 3.63) is 53.6 Å². The number of nitrogens with zero attached hydrogens (tertiary/aromatic N) is 5. The fraction of sp³-hybridized carbons (Fsp3) is 0.593. The normalized spacial score (nSPS) is 11.7. The molecule has 0 saturated heterocycles. The van der Waals surface area contributed by atoms with E-state index in [1.165, 1.54) is 50.4 Å². The van der Waals surface area contributed by atoms with Crippen molar-refractivity contribution in [3.8, 4) is 0 Å². The lowest BCUT2D eigenvalue weighted by Gasteiger charge is -2.24. The number of carbonyl (C=O) groups excluding carboxylic acids is 1. The molecule has 0 fully saturated rings. The number of imidazole rings is 1. The average molecular weight is 470 g/mol. The van der Waals surface area contributed by atoms with Crippen LogP contribution in [0.25, 0.3) is 0 Å². The summed E-state index contributed by atoms with van der Waals surface area (Å²) in [6, 6.07) is 8.63. The minimum atomic E-state index is -0.217. The zero-order valence-corrected chi connectivity index (χ0v) is 21.6. The largest absolute Gasteiger partial charge is 0.465 e. The van der Waals surface area contributed by atoms with Crippen LogP contribution in [0.3, 0.4) is 0 Å². The van der Waals surface area contributed by atoms with Crippen molar-refractivity contribution in [1.29, 1.82) is 0 Å². The van der Waals surface area contributed by atoms with E-state index in [-0.39, 0.29) is 5.97 Å². The maximum absolute atomic E-state index is 11.2. The van der Waals surface area contributed by atoms with Crippen molar-refractivity contribution in [2.75, 3.05) is 39.3 Å². The molecule has 1 heterocycles. The Hall–Kier alpha value is -2.51. The monoisotopic (exact) mass is 469 g/mol. The van der Waals surface area contributed by atoms with Crippen LogP contribution in [0.5, 0.6) is 0 Å². The van der Waals surface area contributed by atoms with Crippen molar-refractivity contribution in [3.63, 3.8) is 0 Å². The van der Waals surface area contributed by atoms with E-state index in [4.69, 9.17) is 4.74 Å². The first-order chi connectivity index (χ1) is 16.5. The molecule has 188 valence electrons. The highest BCUT2D eigenvalue weighted by Gasteiger charge is 2.09. The summed E-state index contributed by atoms with van der Waals surface area (Å²) in [5.74, 6) is 0.637. The van der Waals surface area contributed by atoms with Gasteiger partial charge in [0.05, 0.1) is 12.8 Å². The third-order valence-electron chi connectivity index (χ3n) is 5.76. The van der Waals surface area contributed by atoms with Crippen LogP contribution in [-0.2, 0) is 29.7 Å². The van der Waals surface area contributed by atoms with Crippen LogP contribution in [0.2, 0.25) is 0 Å². The molecule has 0 unspecified atom stereocenters. The molecule has 0 saturated carbocycles. The predicted molar refractivity (Wildman–Crippen MR) is 139 cm³/mol. The number of benzene rings is 1. The fourth-order valence-corrected chi connectivity index (χ4v) is 3.97. The van der Waals surface area contributed by atoms with Crippen molar-refractivity contribution in [2.45, 2.75) is 59.5 Å². The first kappa shape index (κ1) is 27.7. The van der Waals surface area contributed by atoms with Crippen molar-refractivity contribution in [1.82, 2.24) is 19.4 Å². The van der Waals surface area contributed by atoms with Crippen LogP contribution in [0.15, 0.2) is 41.7 Å². The van der Waals surface area contributed by atoms with Gasteiger partial charge in [-0.1, -0.05) is 38.1 Å². The number of aliphatic imine (C=N–C) groups is 1. The standard InChI is InChI=1S/C27H43N5O2/c1-5-14-31(15-6-2)16-7-8-17-32(19-20-34-24(3)33)23-26-11-9-25(10-12-26)21-28-22-27-29-13-18-30(27)4/h9-13,18,22H,5-8,14-17,19-21,23H2,1-4H3. The Balaban J connectivity index is 1.85. The lowest BCUT2D eigenvalue weighted by Crippen LogP contribution is -2.30. The Morgan fingerprint density at radius 3 is 2.24 bits per heavy atom. The van der Waals surface area contributed by atoms with Crippen LogP contribution in [0, 0.1) is 0 Å². The Bertz CT molecular complexity index is 841. The lowest BCUT2D eigenvalue weighted by atomic mass is 10.1. The minimum Gasteiger partial charge on any atom is -0.465 e. The first-order valence-electron chi connectivity index (χ1n) is 12.6. The Morgan fingerprint density at radius 1 is 1.00 bits per heavy atom. The summed E-state index contributed by atoms with van der Waals surface area (Å²) in [4.78, 5) is 24.9. The number of hydrogen-bond donors (Lipinski definition) is 0. The molecule has 0 spiro atoms. The second-order valence-corrected chi connectivity index (χ2v) is 8.85. The van der Waals surface area contributed by atoms with Gasteiger partial charge in [0.15, 0.2) is 0 Å². The third-order valence-corrected chi connectivity index (χ3v) is 5.76. The molecule has 2 rings (SSSR count). The second kappa shape index (κ2) is 16.2. The van der Waals surface area contributed by atoms with E-state index in [1.807, 2.05) is 24.0 Å². The van der Waals surface area contributed by atoms with Gasteiger partial charge in [0.2, 0.25) is 0 Å². The zero-order chi connectivity index (χ0) is 24.6. The summed E-state index contributed by atoms with van der Waals surface area (Å²) in [5.41, 5.74) is 2.44. The van der Waals surface area contributed by atoms with Gasteiger partial charge in [-0.25, -0.2) is 4.98 Å². The molecule has 7 heteroatoms. The molecule has 1 aromatic heterocycles. The van der Waals surface area contributed by atoms with Crippen molar-refractivity contribution < 1.29 is 9.53 Å². The van der Waals surface area contributed by atoms with Crippen molar-refractivity contribution in [2.24, 2.45) is 12.0 Å². The average Bonchev–Trinajstić information content (AvgIpc) is 3.22. The Labute approximate surface area is 205 Å². The number of rotatable bonds is 17. The molecule has 7 nitrogen and oxygen atoms in total. The topological polar surface area (TPSA) is 63.0 Å². The molecule has 0 amide bonds. The van der Waals surface area contributed by atoms with Crippen molar-refractivity contribution >= 4 is 12.2 Å². The minimum absolute atomic E-state index is 0.217. The molecule has 0 bridgehead atoms. The molecule has 1 aromatic carbocycles. The van der Waals surface area contributed by atoms with E-state index in [2.05, 4.69) is 57.9 Å². The molecule has 0 N–H and O–H groups in total. The molecule has 0 aliphatic rings. The van der Waals surface area contributed by atoms with Gasteiger partial charge >= 0.3 is 5.97 Å². The number of esters is 1.